The molecule has 1 saturated carbocycles. The lowest BCUT2D eigenvalue weighted by molar-refractivity contribution is -0.121. The molecule has 8 heteroatoms. The molecule has 8 nitrogen and oxygen atoms in total. The van der Waals surface area contributed by atoms with Gasteiger partial charge in [0.25, 0.3) is 5.91 Å². The van der Waals surface area contributed by atoms with E-state index in [4.69, 9.17) is 0 Å². The van der Waals surface area contributed by atoms with Crippen LogP contribution in [0.15, 0.2) is 24.7 Å². The average molecular weight is 368 g/mol. The van der Waals surface area contributed by atoms with Crippen molar-refractivity contribution in [2.75, 3.05) is 19.6 Å². The third kappa shape index (κ3) is 4.32. The van der Waals surface area contributed by atoms with E-state index in [1.54, 1.807) is 17.3 Å². The zero-order chi connectivity index (χ0) is 18.6. The largest absolute Gasteiger partial charge is 0.354 e. The third-order valence-corrected chi connectivity index (χ3v) is 4.97. The van der Waals surface area contributed by atoms with Gasteiger partial charge >= 0.3 is 0 Å². The van der Waals surface area contributed by atoms with Gasteiger partial charge in [-0.1, -0.05) is 0 Å². The molecule has 1 N–H and O–H groups in total. The summed E-state index contributed by atoms with van der Waals surface area (Å²) >= 11 is 0. The van der Waals surface area contributed by atoms with Crippen LogP contribution in [0.1, 0.15) is 53.5 Å². The van der Waals surface area contributed by atoms with E-state index in [0.717, 1.165) is 50.2 Å². The Labute approximate surface area is 158 Å². The molecule has 2 aliphatic rings. The summed E-state index contributed by atoms with van der Waals surface area (Å²) in [5, 5.41) is 7.01. The summed E-state index contributed by atoms with van der Waals surface area (Å²) in [6.45, 7) is 1.95. The van der Waals surface area contributed by atoms with Crippen molar-refractivity contribution in [2.24, 2.45) is 0 Å². The van der Waals surface area contributed by atoms with Crippen molar-refractivity contribution in [3.8, 4) is 0 Å². The highest BCUT2D eigenvalue weighted by Gasteiger charge is 2.30. The molecule has 0 atom stereocenters. The van der Waals surface area contributed by atoms with E-state index in [9.17, 15) is 9.59 Å². The van der Waals surface area contributed by atoms with Crippen LogP contribution in [0.5, 0.6) is 0 Å². The molecule has 3 heterocycles. The van der Waals surface area contributed by atoms with Gasteiger partial charge in [0.2, 0.25) is 5.91 Å². The standard InChI is InChI=1S/C19H24N6O2/c26-17(20-7-2-10-25-11-3-8-22-25)13-24-9-1-4-16-15(19(24)27)12-21-18(23-16)14-5-6-14/h3,8,11-12,14H,1-2,4-7,9-10,13H2,(H,20,26). The number of aryl methyl sites for hydroxylation is 2. The zero-order valence-electron chi connectivity index (χ0n) is 15.3. The number of hydrogen-bond acceptors (Lipinski definition) is 5. The van der Waals surface area contributed by atoms with Crippen LogP contribution in [0.4, 0.5) is 0 Å². The van der Waals surface area contributed by atoms with Gasteiger partial charge in [-0.2, -0.15) is 5.10 Å². The Kier molecular flexibility index (Phi) is 5.13. The Morgan fingerprint density at radius 1 is 1.33 bits per heavy atom. The van der Waals surface area contributed by atoms with Crippen molar-refractivity contribution in [3.05, 3.63) is 41.7 Å². The smallest absolute Gasteiger partial charge is 0.257 e. The first-order chi connectivity index (χ1) is 13.2. The normalized spacial score (nSPS) is 16.7. The summed E-state index contributed by atoms with van der Waals surface area (Å²) < 4.78 is 1.83. The van der Waals surface area contributed by atoms with Crippen molar-refractivity contribution < 1.29 is 9.59 Å². The number of nitrogens with one attached hydrogen (secondary N) is 1. The Balaban J connectivity index is 1.30. The van der Waals surface area contributed by atoms with Crippen LogP contribution in [-0.4, -0.2) is 56.1 Å². The molecule has 2 aromatic rings. The lowest BCUT2D eigenvalue weighted by Gasteiger charge is -2.20. The molecule has 0 saturated heterocycles. The van der Waals surface area contributed by atoms with Crippen LogP contribution in [0.3, 0.4) is 0 Å². The predicted octanol–water partition coefficient (Wildman–Crippen LogP) is 1.15. The summed E-state index contributed by atoms with van der Waals surface area (Å²) in [7, 11) is 0. The Bertz CT molecular complexity index is 816. The van der Waals surface area contributed by atoms with E-state index in [0.29, 0.717) is 24.6 Å². The van der Waals surface area contributed by atoms with Crippen LogP contribution in [0.25, 0.3) is 0 Å². The Hall–Kier alpha value is -2.77. The van der Waals surface area contributed by atoms with E-state index in [2.05, 4.69) is 20.4 Å². The van der Waals surface area contributed by atoms with Gasteiger partial charge in [-0.3, -0.25) is 14.3 Å². The molecule has 4 rings (SSSR count). The maximum atomic E-state index is 12.8. The fraction of sp³-hybridized carbons (Fsp3) is 0.526. The first-order valence-electron chi connectivity index (χ1n) is 9.60. The molecule has 1 aliphatic heterocycles. The first-order valence-corrected chi connectivity index (χ1v) is 9.60. The molecule has 0 spiro atoms. The van der Waals surface area contributed by atoms with Crippen LogP contribution in [0.2, 0.25) is 0 Å². The fourth-order valence-electron chi connectivity index (χ4n) is 3.33. The molecule has 1 fully saturated rings. The number of amides is 2. The molecular formula is C19H24N6O2. The van der Waals surface area contributed by atoms with E-state index in [1.165, 1.54) is 0 Å². The maximum Gasteiger partial charge on any atom is 0.257 e. The summed E-state index contributed by atoms with van der Waals surface area (Å²) in [6.07, 6.45) is 9.92. The molecule has 27 heavy (non-hydrogen) atoms. The molecule has 2 amide bonds. The molecular weight excluding hydrogens is 344 g/mol. The van der Waals surface area contributed by atoms with Crippen molar-refractivity contribution in [3.63, 3.8) is 0 Å². The molecule has 2 aromatic heterocycles. The molecule has 0 radical (unpaired) electrons. The van der Waals surface area contributed by atoms with Crippen molar-refractivity contribution in [1.29, 1.82) is 0 Å². The SMILES string of the molecule is O=C(CN1CCCc2nc(C3CC3)ncc2C1=O)NCCCn1cccn1. The number of aromatic nitrogens is 4. The quantitative estimate of drug-likeness (QED) is 0.740. The minimum Gasteiger partial charge on any atom is -0.354 e. The van der Waals surface area contributed by atoms with Crippen LogP contribution in [0, 0.1) is 0 Å². The molecule has 142 valence electrons. The van der Waals surface area contributed by atoms with Gasteiger partial charge < -0.3 is 10.2 Å². The number of hydrogen-bond donors (Lipinski definition) is 1. The van der Waals surface area contributed by atoms with E-state index in [-0.39, 0.29) is 18.4 Å². The topological polar surface area (TPSA) is 93.0 Å². The number of fused-ring (bicyclic) bond motifs is 1. The van der Waals surface area contributed by atoms with Gasteiger partial charge in [-0.15, -0.1) is 0 Å². The average Bonchev–Trinajstić information content (AvgIpc) is 3.42. The van der Waals surface area contributed by atoms with Crippen molar-refractivity contribution >= 4 is 11.8 Å². The van der Waals surface area contributed by atoms with E-state index in [1.807, 2.05) is 16.9 Å². The lowest BCUT2D eigenvalue weighted by atomic mass is 10.1. The van der Waals surface area contributed by atoms with Gasteiger partial charge in [-0.05, 0) is 38.2 Å². The minimum absolute atomic E-state index is 0.0738. The van der Waals surface area contributed by atoms with E-state index < -0.39 is 0 Å². The Morgan fingerprint density at radius 2 is 2.22 bits per heavy atom. The van der Waals surface area contributed by atoms with Gasteiger partial charge in [-0.25, -0.2) is 9.97 Å². The van der Waals surface area contributed by atoms with Gasteiger partial charge in [0, 0.05) is 44.1 Å². The van der Waals surface area contributed by atoms with E-state index >= 15 is 0 Å². The summed E-state index contributed by atoms with van der Waals surface area (Å²) in [5.74, 6) is 1.06. The molecule has 0 unspecified atom stereocenters. The van der Waals surface area contributed by atoms with Crippen LogP contribution >= 0.6 is 0 Å². The summed E-state index contributed by atoms with van der Waals surface area (Å²) in [4.78, 5) is 35.6. The number of carbonyl (C=O) groups is 2. The highest BCUT2D eigenvalue weighted by molar-refractivity contribution is 5.97. The summed E-state index contributed by atoms with van der Waals surface area (Å²) in [6, 6.07) is 1.87. The first kappa shape index (κ1) is 17.6. The number of rotatable bonds is 7. The second-order valence-corrected chi connectivity index (χ2v) is 7.17. The lowest BCUT2D eigenvalue weighted by Crippen LogP contribution is -2.41. The van der Waals surface area contributed by atoms with Crippen molar-refractivity contribution in [1.82, 2.24) is 30.0 Å². The second-order valence-electron chi connectivity index (χ2n) is 7.17. The number of nitrogens with zero attached hydrogens (tertiary/aromatic N) is 5. The highest BCUT2D eigenvalue weighted by atomic mass is 16.2. The summed E-state index contributed by atoms with van der Waals surface area (Å²) in [5.41, 5.74) is 1.38. The fourth-order valence-corrected chi connectivity index (χ4v) is 3.33. The van der Waals surface area contributed by atoms with Gasteiger partial charge in [0.1, 0.15) is 5.82 Å². The van der Waals surface area contributed by atoms with Crippen molar-refractivity contribution in [2.45, 2.75) is 44.6 Å². The third-order valence-electron chi connectivity index (χ3n) is 4.97. The van der Waals surface area contributed by atoms with Gasteiger partial charge in [0.15, 0.2) is 0 Å². The van der Waals surface area contributed by atoms with Crippen LogP contribution in [-0.2, 0) is 17.8 Å². The van der Waals surface area contributed by atoms with Gasteiger partial charge in [0.05, 0.1) is 17.8 Å². The maximum absolute atomic E-state index is 12.8. The highest BCUT2D eigenvalue weighted by Crippen LogP contribution is 2.38. The molecule has 1 aliphatic carbocycles. The monoisotopic (exact) mass is 368 g/mol. The predicted molar refractivity (Wildman–Crippen MR) is 98.1 cm³/mol. The minimum atomic E-state index is -0.142. The molecule has 0 aromatic carbocycles. The second kappa shape index (κ2) is 7.85. The van der Waals surface area contributed by atoms with Crippen LogP contribution < -0.4 is 5.32 Å². The number of carbonyl (C=O) groups excluding carboxylic acids is 2. The molecule has 0 bridgehead atoms. The Morgan fingerprint density at radius 3 is 3.00 bits per heavy atom. The zero-order valence-corrected chi connectivity index (χ0v) is 15.3.